The average Bonchev–Trinajstić information content (AvgIpc) is 2.72. The Labute approximate surface area is 132 Å². The molecule has 0 fully saturated rings. The van der Waals surface area contributed by atoms with Crippen molar-refractivity contribution in [3.63, 3.8) is 0 Å². The molecule has 0 spiro atoms. The van der Waals surface area contributed by atoms with Gasteiger partial charge in [0.2, 0.25) is 0 Å². The minimum absolute atomic E-state index is 0.202. The molecule has 2 rings (SSSR count). The summed E-state index contributed by atoms with van der Waals surface area (Å²) in [6.07, 6.45) is 0. The van der Waals surface area contributed by atoms with Crippen LogP contribution in [0.3, 0.4) is 0 Å². The Morgan fingerprint density at radius 2 is 1.91 bits per heavy atom. The molecule has 1 heterocycles. The number of aryl methyl sites for hydroxylation is 2. The molecular weight excluding hydrogens is 306 g/mol. The van der Waals surface area contributed by atoms with E-state index in [0.717, 1.165) is 5.56 Å². The SMILES string of the molecule is Cc1nn(C)c(Cl)c1C(=O)NC(C)c1ccc(C(=O)O)cc1. The van der Waals surface area contributed by atoms with Gasteiger partial charge in [-0.2, -0.15) is 5.10 Å². The fraction of sp³-hybridized carbons (Fsp3) is 0.267. The molecule has 1 aromatic carbocycles. The number of hydrogen-bond acceptors (Lipinski definition) is 3. The van der Waals surface area contributed by atoms with Crippen LogP contribution in [0.1, 0.15) is 44.9 Å². The molecular formula is C15H16ClN3O3. The molecule has 22 heavy (non-hydrogen) atoms. The molecule has 116 valence electrons. The van der Waals surface area contributed by atoms with E-state index < -0.39 is 5.97 Å². The fourth-order valence-corrected chi connectivity index (χ4v) is 2.41. The number of aromatic carboxylic acids is 1. The lowest BCUT2D eigenvalue weighted by atomic mass is 10.1. The van der Waals surface area contributed by atoms with E-state index in [-0.39, 0.29) is 22.7 Å². The summed E-state index contributed by atoms with van der Waals surface area (Å²) in [5.74, 6) is -1.30. The maximum Gasteiger partial charge on any atom is 0.335 e. The number of amides is 1. The van der Waals surface area contributed by atoms with Gasteiger partial charge in [-0.05, 0) is 31.5 Å². The van der Waals surface area contributed by atoms with Crippen LogP contribution < -0.4 is 5.32 Å². The quantitative estimate of drug-likeness (QED) is 0.906. The van der Waals surface area contributed by atoms with Gasteiger partial charge in [0, 0.05) is 7.05 Å². The largest absolute Gasteiger partial charge is 0.478 e. The van der Waals surface area contributed by atoms with E-state index in [1.54, 1.807) is 26.1 Å². The normalized spacial score (nSPS) is 12.0. The van der Waals surface area contributed by atoms with Crippen molar-refractivity contribution in [2.24, 2.45) is 7.05 Å². The number of hydrogen-bond donors (Lipinski definition) is 2. The summed E-state index contributed by atoms with van der Waals surface area (Å²) in [4.78, 5) is 23.1. The average molecular weight is 322 g/mol. The Bertz CT molecular complexity index is 722. The van der Waals surface area contributed by atoms with Crippen molar-refractivity contribution in [3.8, 4) is 0 Å². The van der Waals surface area contributed by atoms with Crippen LogP contribution in [-0.2, 0) is 7.05 Å². The second-order valence-electron chi connectivity index (χ2n) is 5.00. The molecule has 1 unspecified atom stereocenters. The highest BCUT2D eigenvalue weighted by molar-refractivity contribution is 6.33. The van der Waals surface area contributed by atoms with Crippen LogP contribution in [0.2, 0.25) is 5.15 Å². The third-order valence-electron chi connectivity index (χ3n) is 3.38. The Hall–Kier alpha value is -2.34. The lowest BCUT2D eigenvalue weighted by Crippen LogP contribution is -2.27. The van der Waals surface area contributed by atoms with Crippen LogP contribution >= 0.6 is 11.6 Å². The zero-order valence-electron chi connectivity index (χ0n) is 12.4. The molecule has 0 bridgehead atoms. The van der Waals surface area contributed by atoms with Crippen LogP contribution in [0.5, 0.6) is 0 Å². The molecule has 1 aromatic heterocycles. The second kappa shape index (κ2) is 6.19. The number of nitrogens with zero attached hydrogens (tertiary/aromatic N) is 2. The number of halogens is 1. The highest BCUT2D eigenvalue weighted by Gasteiger charge is 2.20. The van der Waals surface area contributed by atoms with E-state index in [4.69, 9.17) is 16.7 Å². The maximum absolute atomic E-state index is 12.3. The van der Waals surface area contributed by atoms with Gasteiger partial charge in [-0.25, -0.2) is 4.79 Å². The maximum atomic E-state index is 12.3. The first kappa shape index (κ1) is 16.0. The molecule has 2 N–H and O–H groups in total. The summed E-state index contributed by atoms with van der Waals surface area (Å²) in [5, 5.41) is 16.1. The summed E-state index contributed by atoms with van der Waals surface area (Å²) in [5.41, 5.74) is 1.90. The third kappa shape index (κ3) is 3.12. The molecule has 1 atom stereocenters. The summed E-state index contributed by atoms with van der Waals surface area (Å²) in [7, 11) is 1.67. The van der Waals surface area contributed by atoms with Crippen molar-refractivity contribution >= 4 is 23.5 Å². The van der Waals surface area contributed by atoms with Crippen LogP contribution in [0.25, 0.3) is 0 Å². The van der Waals surface area contributed by atoms with Crippen LogP contribution in [0, 0.1) is 6.92 Å². The van der Waals surface area contributed by atoms with E-state index in [0.29, 0.717) is 11.3 Å². The number of carbonyl (C=O) groups excluding carboxylic acids is 1. The molecule has 0 saturated heterocycles. The number of aromatic nitrogens is 2. The van der Waals surface area contributed by atoms with E-state index in [1.165, 1.54) is 16.8 Å². The molecule has 0 aliphatic heterocycles. The molecule has 0 saturated carbocycles. The van der Waals surface area contributed by atoms with Gasteiger partial charge in [0.15, 0.2) is 0 Å². The summed E-state index contributed by atoms with van der Waals surface area (Å²) >= 11 is 6.07. The Morgan fingerprint density at radius 1 is 1.32 bits per heavy atom. The minimum Gasteiger partial charge on any atom is -0.478 e. The fourth-order valence-electron chi connectivity index (χ4n) is 2.15. The van der Waals surface area contributed by atoms with E-state index >= 15 is 0 Å². The van der Waals surface area contributed by atoms with E-state index in [2.05, 4.69) is 10.4 Å². The Kier molecular flexibility index (Phi) is 4.51. The summed E-state index contributed by atoms with van der Waals surface area (Å²) in [6, 6.07) is 6.06. The van der Waals surface area contributed by atoms with Crippen molar-refractivity contribution in [2.45, 2.75) is 19.9 Å². The van der Waals surface area contributed by atoms with Gasteiger partial charge in [0.25, 0.3) is 5.91 Å². The van der Waals surface area contributed by atoms with Gasteiger partial charge in [-0.1, -0.05) is 23.7 Å². The van der Waals surface area contributed by atoms with Crippen molar-refractivity contribution in [2.75, 3.05) is 0 Å². The van der Waals surface area contributed by atoms with Crippen LogP contribution in [-0.4, -0.2) is 26.8 Å². The lowest BCUT2D eigenvalue weighted by Gasteiger charge is -2.14. The molecule has 7 heteroatoms. The highest BCUT2D eigenvalue weighted by Crippen LogP contribution is 2.20. The first-order chi connectivity index (χ1) is 10.3. The number of carboxylic acids is 1. The first-order valence-electron chi connectivity index (χ1n) is 6.64. The smallest absolute Gasteiger partial charge is 0.335 e. The molecule has 0 radical (unpaired) electrons. The lowest BCUT2D eigenvalue weighted by molar-refractivity contribution is 0.0696. The number of carboxylic acid groups (broad SMARTS) is 1. The van der Waals surface area contributed by atoms with Crippen molar-refractivity contribution in [3.05, 3.63) is 51.8 Å². The van der Waals surface area contributed by atoms with Crippen molar-refractivity contribution < 1.29 is 14.7 Å². The van der Waals surface area contributed by atoms with Gasteiger partial charge in [-0.3, -0.25) is 9.48 Å². The highest BCUT2D eigenvalue weighted by atomic mass is 35.5. The number of nitrogens with one attached hydrogen (secondary N) is 1. The van der Waals surface area contributed by atoms with Gasteiger partial charge in [0.05, 0.1) is 22.9 Å². The molecule has 2 aromatic rings. The standard InChI is InChI=1S/C15H16ClN3O3/c1-8(10-4-6-11(7-5-10)15(21)22)17-14(20)12-9(2)18-19(3)13(12)16/h4-8H,1-3H3,(H,17,20)(H,21,22). The molecule has 6 nitrogen and oxygen atoms in total. The van der Waals surface area contributed by atoms with Crippen molar-refractivity contribution in [1.29, 1.82) is 0 Å². The van der Waals surface area contributed by atoms with Crippen LogP contribution in [0.15, 0.2) is 24.3 Å². The molecule has 1 amide bonds. The van der Waals surface area contributed by atoms with Crippen molar-refractivity contribution in [1.82, 2.24) is 15.1 Å². The van der Waals surface area contributed by atoms with E-state index in [9.17, 15) is 9.59 Å². The number of benzene rings is 1. The monoisotopic (exact) mass is 321 g/mol. The zero-order chi connectivity index (χ0) is 16.4. The second-order valence-corrected chi connectivity index (χ2v) is 5.36. The molecule has 0 aliphatic rings. The van der Waals surface area contributed by atoms with Crippen LogP contribution in [0.4, 0.5) is 0 Å². The summed E-state index contributed by atoms with van der Waals surface area (Å²) < 4.78 is 1.44. The Balaban J connectivity index is 2.15. The topological polar surface area (TPSA) is 84.2 Å². The van der Waals surface area contributed by atoms with Gasteiger partial charge >= 0.3 is 5.97 Å². The first-order valence-corrected chi connectivity index (χ1v) is 7.02. The van der Waals surface area contributed by atoms with Gasteiger partial charge < -0.3 is 10.4 Å². The predicted molar refractivity (Wildman–Crippen MR) is 82.2 cm³/mol. The predicted octanol–water partition coefficient (Wildman–Crippen LogP) is 2.57. The van der Waals surface area contributed by atoms with E-state index in [1.807, 2.05) is 6.92 Å². The summed E-state index contributed by atoms with van der Waals surface area (Å²) in [6.45, 7) is 3.53. The zero-order valence-corrected chi connectivity index (χ0v) is 13.2. The molecule has 0 aliphatic carbocycles. The third-order valence-corrected chi connectivity index (χ3v) is 3.82. The number of carbonyl (C=O) groups is 2. The van der Waals surface area contributed by atoms with Gasteiger partial charge in [-0.15, -0.1) is 0 Å². The minimum atomic E-state index is -0.985. The Morgan fingerprint density at radius 3 is 2.36 bits per heavy atom. The number of rotatable bonds is 4. The van der Waals surface area contributed by atoms with Gasteiger partial charge in [0.1, 0.15) is 5.15 Å².